The second kappa shape index (κ2) is 7.15. The maximum absolute atomic E-state index is 13.2. The van der Waals surface area contributed by atoms with Crippen LogP contribution in [-0.4, -0.2) is 19.8 Å². The van der Waals surface area contributed by atoms with Gasteiger partial charge in [0.1, 0.15) is 0 Å². The molecule has 0 amide bonds. The number of hydrogen-bond donors (Lipinski definition) is 1. The van der Waals surface area contributed by atoms with Crippen LogP contribution in [0, 0.1) is 0 Å². The van der Waals surface area contributed by atoms with Crippen LogP contribution in [0.5, 0.6) is 0 Å². The second-order valence-corrected chi connectivity index (χ2v) is 8.12. The van der Waals surface area contributed by atoms with E-state index in [1.807, 2.05) is 0 Å². The van der Waals surface area contributed by atoms with E-state index >= 15 is 0 Å². The Hall–Kier alpha value is -2.08. The molecule has 0 radical (unpaired) electrons. The number of rotatable bonds is 4. The SMILES string of the molecule is C[C@H](c1ccc(Cl)cc1)n1c(=O)c2ccc(Cl)cc2n(CC(C)(C)O)c1=O. The van der Waals surface area contributed by atoms with Gasteiger partial charge in [-0.2, -0.15) is 0 Å². The smallest absolute Gasteiger partial charge is 0.332 e. The molecule has 0 saturated heterocycles. The summed E-state index contributed by atoms with van der Waals surface area (Å²) in [5.41, 5.74) is -0.869. The number of aliphatic hydroxyl groups is 1. The lowest BCUT2D eigenvalue weighted by Gasteiger charge is -2.23. The third kappa shape index (κ3) is 3.95. The highest BCUT2D eigenvalue weighted by atomic mass is 35.5. The molecule has 0 unspecified atom stereocenters. The molecule has 0 bridgehead atoms. The summed E-state index contributed by atoms with van der Waals surface area (Å²) in [6.45, 7) is 5.01. The van der Waals surface area contributed by atoms with Gasteiger partial charge in [-0.1, -0.05) is 35.3 Å². The highest BCUT2D eigenvalue weighted by molar-refractivity contribution is 6.31. The number of benzene rings is 2. The Morgan fingerprint density at radius 3 is 2.22 bits per heavy atom. The topological polar surface area (TPSA) is 64.2 Å². The number of hydrogen-bond acceptors (Lipinski definition) is 3. The molecule has 0 saturated carbocycles. The molecule has 0 spiro atoms. The van der Waals surface area contributed by atoms with Gasteiger partial charge in [0, 0.05) is 10.0 Å². The lowest BCUT2D eigenvalue weighted by molar-refractivity contribution is 0.0609. The van der Waals surface area contributed by atoms with Crippen molar-refractivity contribution < 1.29 is 5.11 Å². The van der Waals surface area contributed by atoms with Crippen molar-refractivity contribution in [2.45, 2.75) is 39.0 Å². The van der Waals surface area contributed by atoms with Gasteiger partial charge in [-0.3, -0.25) is 13.9 Å². The third-order valence-electron chi connectivity index (χ3n) is 4.42. The van der Waals surface area contributed by atoms with Crippen molar-refractivity contribution in [1.82, 2.24) is 9.13 Å². The zero-order chi connectivity index (χ0) is 19.9. The van der Waals surface area contributed by atoms with Crippen LogP contribution >= 0.6 is 23.2 Å². The van der Waals surface area contributed by atoms with Gasteiger partial charge in [0.2, 0.25) is 0 Å². The molecule has 142 valence electrons. The molecule has 5 nitrogen and oxygen atoms in total. The van der Waals surface area contributed by atoms with Crippen molar-refractivity contribution >= 4 is 34.1 Å². The summed E-state index contributed by atoms with van der Waals surface area (Å²) in [6.07, 6.45) is 0. The minimum Gasteiger partial charge on any atom is -0.389 e. The van der Waals surface area contributed by atoms with E-state index in [-0.39, 0.29) is 6.54 Å². The Morgan fingerprint density at radius 2 is 1.63 bits per heavy atom. The monoisotopic (exact) mass is 406 g/mol. The highest BCUT2D eigenvalue weighted by Gasteiger charge is 2.22. The van der Waals surface area contributed by atoms with Crippen LogP contribution in [0.3, 0.4) is 0 Å². The van der Waals surface area contributed by atoms with Gasteiger partial charge in [0.05, 0.1) is 29.1 Å². The van der Waals surface area contributed by atoms with E-state index < -0.39 is 22.9 Å². The molecule has 3 aromatic rings. The highest BCUT2D eigenvalue weighted by Crippen LogP contribution is 2.21. The van der Waals surface area contributed by atoms with E-state index in [9.17, 15) is 14.7 Å². The summed E-state index contributed by atoms with van der Waals surface area (Å²) in [7, 11) is 0. The maximum atomic E-state index is 13.2. The van der Waals surface area contributed by atoms with Crippen LogP contribution in [-0.2, 0) is 6.54 Å². The molecule has 3 rings (SSSR count). The molecule has 2 aromatic carbocycles. The summed E-state index contributed by atoms with van der Waals surface area (Å²) in [5, 5.41) is 11.6. The van der Waals surface area contributed by atoms with Crippen LogP contribution in [0.4, 0.5) is 0 Å². The fourth-order valence-corrected chi connectivity index (χ4v) is 3.42. The fraction of sp³-hybridized carbons (Fsp3) is 0.300. The number of halogens is 2. The third-order valence-corrected chi connectivity index (χ3v) is 4.91. The number of nitrogens with zero attached hydrogens (tertiary/aromatic N) is 2. The van der Waals surface area contributed by atoms with Crippen LogP contribution in [0.1, 0.15) is 32.4 Å². The first-order valence-corrected chi connectivity index (χ1v) is 9.26. The van der Waals surface area contributed by atoms with Crippen LogP contribution < -0.4 is 11.2 Å². The average molecular weight is 407 g/mol. The van der Waals surface area contributed by atoms with E-state index in [1.165, 1.54) is 9.13 Å². The van der Waals surface area contributed by atoms with E-state index in [0.717, 1.165) is 5.56 Å². The molecule has 27 heavy (non-hydrogen) atoms. The summed E-state index contributed by atoms with van der Waals surface area (Å²) in [5.74, 6) is 0. The van der Waals surface area contributed by atoms with Crippen LogP contribution in [0.15, 0.2) is 52.1 Å². The molecular formula is C20H20Cl2N2O3. The normalized spacial score (nSPS) is 13.1. The summed E-state index contributed by atoms with van der Waals surface area (Å²) in [6, 6.07) is 11.3. The van der Waals surface area contributed by atoms with Crippen molar-refractivity contribution in [2.24, 2.45) is 0 Å². The lowest BCUT2D eigenvalue weighted by Crippen LogP contribution is -2.44. The molecule has 1 aromatic heterocycles. The molecule has 1 heterocycles. The minimum atomic E-state index is -1.15. The van der Waals surface area contributed by atoms with Gasteiger partial charge in [0.15, 0.2) is 0 Å². The Kier molecular flexibility index (Phi) is 5.21. The fourth-order valence-electron chi connectivity index (χ4n) is 3.13. The van der Waals surface area contributed by atoms with Crippen molar-refractivity contribution in [3.63, 3.8) is 0 Å². The van der Waals surface area contributed by atoms with E-state index in [0.29, 0.717) is 20.9 Å². The van der Waals surface area contributed by atoms with E-state index in [2.05, 4.69) is 0 Å². The first-order valence-electron chi connectivity index (χ1n) is 8.51. The van der Waals surface area contributed by atoms with Gasteiger partial charge in [-0.15, -0.1) is 0 Å². The van der Waals surface area contributed by atoms with Gasteiger partial charge in [0.25, 0.3) is 5.56 Å². The largest absolute Gasteiger partial charge is 0.389 e. The zero-order valence-electron chi connectivity index (χ0n) is 15.2. The van der Waals surface area contributed by atoms with Crippen molar-refractivity contribution in [2.75, 3.05) is 0 Å². The van der Waals surface area contributed by atoms with Crippen molar-refractivity contribution in [3.8, 4) is 0 Å². The number of fused-ring (bicyclic) bond motifs is 1. The zero-order valence-corrected chi connectivity index (χ0v) is 16.8. The molecule has 1 atom stereocenters. The standard InChI is InChI=1S/C20H20Cl2N2O3/c1-12(13-4-6-14(21)7-5-13)24-18(25)16-9-8-15(22)10-17(16)23(19(24)26)11-20(2,3)27/h4-10,12,27H,11H2,1-3H3/t12-/m1/s1. The van der Waals surface area contributed by atoms with Gasteiger partial charge in [-0.05, 0) is 56.7 Å². The maximum Gasteiger partial charge on any atom is 0.332 e. The quantitative estimate of drug-likeness (QED) is 0.715. The molecule has 7 heteroatoms. The Labute approximate surface area is 166 Å². The molecule has 0 aliphatic heterocycles. The number of aromatic nitrogens is 2. The van der Waals surface area contributed by atoms with Gasteiger partial charge < -0.3 is 5.11 Å². The summed E-state index contributed by atoms with van der Waals surface area (Å²) in [4.78, 5) is 26.3. The molecule has 0 fully saturated rings. The average Bonchev–Trinajstić information content (AvgIpc) is 2.58. The Morgan fingerprint density at radius 1 is 1.04 bits per heavy atom. The Bertz CT molecular complexity index is 1110. The lowest BCUT2D eigenvalue weighted by atomic mass is 10.1. The predicted molar refractivity (Wildman–Crippen MR) is 109 cm³/mol. The van der Waals surface area contributed by atoms with Crippen molar-refractivity contribution in [1.29, 1.82) is 0 Å². The molecule has 0 aliphatic rings. The first kappa shape index (κ1) is 19.7. The van der Waals surface area contributed by atoms with Gasteiger partial charge >= 0.3 is 5.69 Å². The molecular weight excluding hydrogens is 387 g/mol. The van der Waals surface area contributed by atoms with E-state index in [4.69, 9.17) is 23.2 Å². The van der Waals surface area contributed by atoms with Gasteiger partial charge in [-0.25, -0.2) is 4.79 Å². The van der Waals surface area contributed by atoms with Crippen molar-refractivity contribution in [3.05, 3.63) is 78.9 Å². The van der Waals surface area contributed by atoms with Crippen LogP contribution in [0.2, 0.25) is 10.0 Å². The van der Waals surface area contributed by atoms with Crippen LogP contribution in [0.25, 0.3) is 10.9 Å². The first-order chi connectivity index (χ1) is 12.6. The van der Waals surface area contributed by atoms with E-state index in [1.54, 1.807) is 63.2 Å². The minimum absolute atomic E-state index is 0.0241. The predicted octanol–water partition coefficient (Wildman–Crippen LogP) is 3.85. The molecule has 1 N–H and O–H groups in total. The second-order valence-electron chi connectivity index (χ2n) is 7.25. The summed E-state index contributed by atoms with van der Waals surface area (Å²) >= 11 is 12.0. The summed E-state index contributed by atoms with van der Waals surface area (Å²) < 4.78 is 2.60. The molecule has 0 aliphatic carbocycles. The Balaban J connectivity index is 2.33.